The predicted octanol–water partition coefficient (Wildman–Crippen LogP) is 3.02. The highest BCUT2D eigenvalue weighted by molar-refractivity contribution is 5.97. The number of anilines is 1. The Balaban J connectivity index is 2.06. The van der Waals surface area contributed by atoms with Crippen LogP contribution in [0.15, 0.2) is 42.5 Å². The van der Waals surface area contributed by atoms with Crippen molar-refractivity contribution < 1.29 is 23.1 Å². The van der Waals surface area contributed by atoms with Crippen LogP contribution in [0.2, 0.25) is 0 Å². The summed E-state index contributed by atoms with van der Waals surface area (Å²) in [6.07, 6.45) is -1.29. The van der Waals surface area contributed by atoms with Gasteiger partial charge in [0.2, 0.25) is 0 Å². The van der Waals surface area contributed by atoms with Gasteiger partial charge in [-0.2, -0.15) is 5.26 Å². The van der Waals surface area contributed by atoms with E-state index in [-0.39, 0.29) is 0 Å². The average molecular weight is 330 g/mol. The highest BCUT2D eigenvalue weighted by Crippen LogP contribution is 2.15. The van der Waals surface area contributed by atoms with Crippen molar-refractivity contribution in [3.63, 3.8) is 0 Å². The molecule has 2 aromatic rings. The quantitative estimate of drug-likeness (QED) is 0.874. The number of hydrogen-bond acceptors (Lipinski definition) is 4. The third-order valence-electron chi connectivity index (χ3n) is 3.08. The van der Waals surface area contributed by atoms with Gasteiger partial charge in [0.25, 0.3) is 5.91 Å². The van der Waals surface area contributed by atoms with E-state index in [2.05, 4.69) is 5.32 Å². The lowest BCUT2D eigenvalue weighted by Crippen LogP contribution is -2.30. The van der Waals surface area contributed by atoms with Crippen LogP contribution >= 0.6 is 0 Å². The molecule has 0 aliphatic carbocycles. The van der Waals surface area contributed by atoms with Crippen molar-refractivity contribution >= 4 is 17.6 Å². The SMILES string of the molecule is C[C@@H](OC(=O)c1c(F)cccc1F)C(=O)Nc1cccc(C#N)c1. The number of hydrogen-bond donors (Lipinski definition) is 1. The molecule has 0 aromatic heterocycles. The molecule has 0 heterocycles. The summed E-state index contributed by atoms with van der Waals surface area (Å²) in [5.41, 5.74) is -0.187. The molecule has 0 spiro atoms. The van der Waals surface area contributed by atoms with Gasteiger partial charge in [0.05, 0.1) is 11.6 Å². The van der Waals surface area contributed by atoms with Crippen molar-refractivity contribution in [3.8, 4) is 6.07 Å². The Labute approximate surface area is 136 Å². The maximum atomic E-state index is 13.5. The zero-order valence-electron chi connectivity index (χ0n) is 12.5. The summed E-state index contributed by atoms with van der Waals surface area (Å²) in [6.45, 7) is 1.26. The second kappa shape index (κ2) is 7.33. The first-order valence-corrected chi connectivity index (χ1v) is 6.88. The first-order chi connectivity index (χ1) is 11.4. The monoisotopic (exact) mass is 330 g/mol. The summed E-state index contributed by atoms with van der Waals surface area (Å²) >= 11 is 0. The van der Waals surface area contributed by atoms with E-state index in [9.17, 15) is 18.4 Å². The van der Waals surface area contributed by atoms with Gasteiger partial charge in [-0.1, -0.05) is 12.1 Å². The number of rotatable bonds is 4. The second-order valence-corrected chi connectivity index (χ2v) is 4.83. The Bertz CT molecular complexity index is 811. The molecule has 0 fully saturated rings. The molecule has 7 heteroatoms. The number of carbonyl (C=O) groups excluding carboxylic acids is 2. The predicted molar refractivity (Wildman–Crippen MR) is 81.0 cm³/mol. The van der Waals surface area contributed by atoms with E-state index in [1.165, 1.54) is 13.0 Å². The smallest absolute Gasteiger partial charge is 0.344 e. The summed E-state index contributed by atoms with van der Waals surface area (Å²) in [7, 11) is 0. The normalized spacial score (nSPS) is 11.2. The molecule has 0 bridgehead atoms. The molecule has 0 aliphatic rings. The number of benzene rings is 2. The van der Waals surface area contributed by atoms with Crippen LogP contribution in [-0.2, 0) is 9.53 Å². The second-order valence-electron chi connectivity index (χ2n) is 4.83. The molecule has 1 amide bonds. The zero-order valence-corrected chi connectivity index (χ0v) is 12.5. The van der Waals surface area contributed by atoms with E-state index in [1.807, 2.05) is 6.07 Å². The van der Waals surface area contributed by atoms with E-state index in [0.29, 0.717) is 11.3 Å². The summed E-state index contributed by atoms with van der Waals surface area (Å²) in [5, 5.41) is 11.2. The van der Waals surface area contributed by atoms with Crippen LogP contribution in [0.25, 0.3) is 0 Å². The number of halogens is 2. The molecule has 0 saturated heterocycles. The fourth-order valence-electron chi connectivity index (χ4n) is 1.88. The van der Waals surface area contributed by atoms with E-state index >= 15 is 0 Å². The Kier molecular flexibility index (Phi) is 5.22. The van der Waals surface area contributed by atoms with Gasteiger partial charge in [-0.3, -0.25) is 4.79 Å². The summed E-state index contributed by atoms with van der Waals surface area (Å²) in [5.74, 6) is -4.13. The number of nitriles is 1. The Morgan fingerprint density at radius 1 is 1.17 bits per heavy atom. The fraction of sp³-hybridized carbons (Fsp3) is 0.118. The fourth-order valence-corrected chi connectivity index (χ4v) is 1.88. The van der Waals surface area contributed by atoms with Gasteiger partial charge in [0, 0.05) is 5.69 Å². The zero-order chi connectivity index (χ0) is 17.7. The number of nitrogens with one attached hydrogen (secondary N) is 1. The third kappa shape index (κ3) is 3.93. The van der Waals surface area contributed by atoms with Crippen molar-refractivity contribution in [2.24, 2.45) is 0 Å². The summed E-state index contributed by atoms with van der Waals surface area (Å²) in [4.78, 5) is 23.8. The number of nitrogens with zero attached hydrogens (tertiary/aromatic N) is 1. The van der Waals surface area contributed by atoms with Crippen LogP contribution in [0.4, 0.5) is 14.5 Å². The van der Waals surface area contributed by atoms with Crippen LogP contribution in [0, 0.1) is 23.0 Å². The first-order valence-electron chi connectivity index (χ1n) is 6.88. The Hall–Kier alpha value is -3.27. The van der Waals surface area contributed by atoms with Gasteiger partial charge < -0.3 is 10.1 Å². The third-order valence-corrected chi connectivity index (χ3v) is 3.08. The highest BCUT2D eigenvalue weighted by Gasteiger charge is 2.24. The van der Waals surface area contributed by atoms with Gasteiger partial charge in [-0.15, -0.1) is 0 Å². The standard InChI is InChI=1S/C17H12F2N2O3/c1-10(16(22)21-12-5-2-4-11(8-12)9-20)24-17(23)15-13(18)6-3-7-14(15)19/h2-8,10H,1H3,(H,21,22)/t10-/m1/s1. The average Bonchev–Trinajstić information content (AvgIpc) is 2.54. The summed E-state index contributed by atoms with van der Waals surface area (Å²) < 4.78 is 31.8. The lowest BCUT2D eigenvalue weighted by atomic mass is 10.2. The number of ether oxygens (including phenoxy) is 1. The molecule has 1 atom stereocenters. The molecule has 122 valence electrons. The topological polar surface area (TPSA) is 79.2 Å². The number of esters is 1. The number of carbonyl (C=O) groups is 2. The van der Waals surface area contributed by atoms with Crippen molar-refractivity contribution in [2.75, 3.05) is 5.32 Å². The molecule has 0 saturated carbocycles. The molecule has 2 aromatic carbocycles. The van der Waals surface area contributed by atoms with Crippen molar-refractivity contribution in [1.82, 2.24) is 0 Å². The van der Waals surface area contributed by atoms with Gasteiger partial charge in [0.15, 0.2) is 6.10 Å². The van der Waals surface area contributed by atoms with Crippen LogP contribution in [-0.4, -0.2) is 18.0 Å². The first kappa shape index (κ1) is 17.1. The lowest BCUT2D eigenvalue weighted by Gasteiger charge is -2.14. The van der Waals surface area contributed by atoms with Crippen molar-refractivity contribution in [3.05, 3.63) is 65.2 Å². The Morgan fingerprint density at radius 3 is 2.42 bits per heavy atom. The van der Waals surface area contributed by atoms with Gasteiger partial charge >= 0.3 is 5.97 Å². The molecule has 5 nitrogen and oxygen atoms in total. The minimum absolute atomic E-state index is 0.332. The van der Waals surface area contributed by atoms with Crippen LogP contribution in [0.5, 0.6) is 0 Å². The molecular formula is C17H12F2N2O3. The largest absolute Gasteiger partial charge is 0.449 e. The minimum Gasteiger partial charge on any atom is -0.449 e. The summed E-state index contributed by atoms with van der Waals surface area (Å²) in [6, 6.07) is 11.0. The molecule has 0 radical (unpaired) electrons. The minimum atomic E-state index is -1.29. The van der Waals surface area contributed by atoms with Crippen LogP contribution < -0.4 is 5.32 Å². The molecular weight excluding hydrogens is 318 g/mol. The maximum absolute atomic E-state index is 13.5. The molecule has 24 heavy (non-hydrogen) atoms. The highest BCUT2D eigenvalue weighted by atomic mass is 19.1. The van der Waals surface area contributed by atoms with E-state index in [1.54, 1.807) is 18.2 Å². The molecule has 1 N–H and O–H groups in total. The van der Waals surface area contributed by atoms with E-state index in [4.69, 9.17) is 10.00 Å². The molecule has 0 unspecified atom stereocenters. The molecule has 0 aliphatic heterocycles. The van der Waals surface area contributed by atoms with Crippen LogP contribution in [0.3, 0.4) is 0 Å². The van der Waals surface area contributed by atoms with Gasteiger partial charge in [-0.05, 0) is 37.3 Å². The molecule has 2 rings (SSSR count). The Morgan fingerprint density at radius 2 is 1.79 bits per heavy atom. The lowest BCUT2D eigenvalue weighted by molar-refractivity contribution is -0.123. The number of amides is 1. The van der Waals surface area contributed by atoms with E-state index < -0.39 is 35.2 Å². The maximum Gasteiger partial charge on any atom is 0.344 e. The van der Waals surface area contributed by atoms with Gasteiger partial charge in [-0.25, -0.2) is 13.6 Å². The van der Waals surface area contributed by atoms with Crippen molar-refractivity contribution in [2.45, 2.75) is 13.0 Å². The van der Waals surface area contributed by atoms with Crippen molar-refractivity contribution in [1.29, 1.82) is 5.26 Å². The van der Waals surface area contributed by atoms with Crippen LogP contribution in [0.1, 0.15) is 22.8 Å². The van der Waals surface area contributed by atoms with E-state index in [0.717, 1.165) is 18.2 Å². The van der Waals surface area contributed by atoms with Gasteiger partial charge in [0.1, 0.15) is 17.2 Å².